The summed E-state index contributed by atoms with van der Waals surface area (Å²) in [7, 11) is -2.81. The maximum absolute atomic E-state index is 11.4. The fourth-order valence-electron chi connectivity index (χ4n) is 1.82. The Labute approximate surface area is 78.6 Å². The van der Waals surface area contributed by atoms with Crippen LogP contribution in [0, 0.1) is 0 Å². The molecule has 0 saturated carbocycles. The molecule has 2 aliphatic rings. The molecule has 0 radical (unpaired) electrons. The van der Waals surface area contributed by atoms with Crippen molar-refractivity contribution in [2.75, 3.05) is 19.0 Å². The number of hydrogen-bond donors (Lipinski definition) is 1. The van der Waals surface area contributed by atoms with Gasteiger partial charge in [0.25, 0.3) is 0 Å². The molecule has 13 heavy (non-hydrogen) atoms. The zero-order valence-corrected chi connectivity index (χ0v) is 8.51. The number of sulfone groups is 1. The van der Waals surface area contributed by atoms with E-state index in [0.717, 1.165) is 19.6 Å². The van der Waals surface area contributed by atoms with Crippen LogP contribution in [0.2, 0.25) is 0 Å². The summed E-state index contributed by atoms with van der Waals surface area (Å²) < 4.78 is 27.8. The van der Waals surface area contributed by atoms with E-state index in [1.165, 1.54) is 0 Å². The largest absolute Gasteiger partial charge is 0.378 e. The Balaban J connectivity index is 1.94. The average molecular weight is 205 g/mol. The first-order valence-corrected chi connectivity index (χ1v) is 6.36. The second kappa shape index (κ2) is 3.22. The maximum atomic E-state index is 11.4. The van der Waals surface area contributed by atoms with Crippen molar-refractivity contribution in [1.82, 2.24) is 5.32 Å². The highest BCUT2D eigenvalue weighted by Crippen LogP contribution is 2.21. The Morgan fingerprint density at radius 3 is 2.46 bits per heavy atom. The Morgan fingerprint density at radius 1 is 1.38 bits per heavy atom. The van der Waals surface area contributed by atoms with Gasteiger partial charge in [0.05, 0.1) is 30.3 Å². The number of ether oxygens (including phenoxy) is 1. The van der Waals surface area contributed by atoms with Crippen LogP contribution in [-0.4, -0.2) is 44.7 Å². The summed E-state index contributed by atoms with van der Waals surface area (Å²) in [6.45, 7) is 3.24. The lowest BCUT2D eigenvalue weighted by atomic mass is 10.1. The molecule has 76 valence electrons. The first kappa shape index (κ1) is 9.43. The van der Waals surface area contributed by atoms with E-state index < -0.39 is 9.84 Å². The van der Waals surface area contributed by atoms with Gasteiger partial charge in [-0.25, -0.2) is 8.42 Å². The maximum Gasteiger partial charge on any atom is 0.154 e. The fraction of sp³-hybridized carbons (Fsp3) is 1.00. The van der Waals surface area contributed by atoms with Crippen molar-refractivity contribution >= 4 is 9.84 Å². The SMILES string of the molecule is CC1C(NC2COC2)CCS1(=O)=O. The second-order valence-electron chi connectivity index (χ2n) is 3.87. The zero-order chi connectivity index (χ0) is 9.47. The van der Waals surface area contributed by atoms with Gasteiger partial charge in [0.1, 0.15) is 0 Å². The van der Waals surface area contributed by atoms with Gasteiger partial charge in [0, 0.05) is 6.04 Å². The van der Waals surface area contributed by atoms with E-state index in [2.05, 4.69) is 5.32 Å². The predicted octanol–water partition coefficient (Wildman–Crippen LogP) is -0.450. The molecule has 0 aromatic carbocycles. The fourth-order valence-corrected chi connectivity index (χ4v) is 3.49. The van der Waals surface area contributed by atoms with Crippen molar-refractivity contribution in [2.24, 2.45) is 0 Å². The molecule has 2 heterocycles. The van der Waals surface area contributed by atoms with Crippen LogP contribution >= 0.6 is 0 Å². The minimum atomic E-state index is -2.81. The third-order valence-corrected chi connectivity index (χ3v) is 5.20. The molecule has 0 aliphatic carbocycles. The van der Waals surface area contributed by atoms with E-state index >= 15 is 0 Å². The minimum absolute atomic E-state index is 0.138. The van der Waals surface area contributed by atoms with Gasteiger partial charge in [0.2, 0.25) is 0 Å². The van der Waals surface area contributed by atoms with E-state index in [4.69, 9.17) is 4.74 Å². The van der Waals surface area contributed by atoms with E-state index in [1.54, 1.807) is 6.92 Å². The van der Waals surface area contributed by atoms with Gasteiger partial charge in [-0.2, -0.15) is 0 Å². The van der Waals surface area contributed by atoms with Crippen LogP contribution in [0.3, 0.4) is 0 Å². The molecule has 2 aliphatic heterocycles. The van der Waals surface area contributed by atoms with Crippen LogP contribution < -0.4 is 5.32 Å². The Kier molecular flexibility index (Phi) is 2.33. The molecule has 0 amide bonds. The van der Waals surface area contributed by atoms with Gasteiger partial charge in [0.15, 0.2) is 9.84 Å². The molecule has 0 aromatic heterocycles. The van der Waals surface area contributed by atoms with Gasteiger partial charge in [-0.3, -0.25) is 0 Å². The highest BCUT2D eigenvalue weighted by Gasteiger charge is 2.38. The van der Waals surface area contributed by atoms with Crippen LogP contribution in [0.1, 0.15) is 13.3 Å². The molecule has 2 fully saturated rings. The molecule has 2 saturated heterocycles. The van der Waals surface area contributed by atoms with Crippen molar-refractivity contribution < 1.29 is 13.2 Å². The molecular weight excluding hydrogens is 190 g/mol. The van der Waals surface area contributed by atoms with Gasteiger partial charge in [-0.1, -0.05) is 0 Å². The summed E-state index contributed by atoms with van der Waals surface area (Å²) in [6, 6.07) is 0.514. The third kappa shape index (κ3) is 1.73. The molecule has 2 unspecified atom stereocenters. The Hall–Kier alpha value is -0.130. The van der Waals surface area contributed by atoms with Gasteiger partial charge < -0.3 is 10.1 Å². The lowest BCUT2D eigenvalue weighted by molar-refractivity contribution is -0.00973. The molecule has 0 aromatic rings. The average Bonchev–Trinajstić information content (AvgIpc) is 2.22. The number of hydrogen-bond acceptors (Lipinski definition) is 4. The molecule has 4 nitrogen and oxygen atoms in total. The van der Waals surface area contributed by atoms with Crippen LogP contribution in [0.25, 0.3) is 0 Å². The monoisotopic (exact) mass is 205 g/mol. The van der Waals surface area contributed by atoms with Crippen molar-refractivity contribution in [3.8, 4) is 0 Å². The standard InChI is InChI=1S/C8H15NO3S/c1-6-8(2-3-13(6,10)11)9-7-4-12-5-7/h6-9H,2-5H2,1H3. The van der Waals surface area contributed by atoms with E-state index in [9.17, 15) is 8.42 Å². The van der Waals surface area contributed by atoms with Crippen molar-refractivity contribution in [3.63, 3.8) is 0 Å². The zero-order valence-electron chi connectivity index (χ0n) is 7.69. The highest BCUT2D eigenvalue weighted by atomic mass is 32.2. The van der Waals surface area contributed by atoms with Gasteiger partial charge in [-0.15, -0.1) is 0 Å². The predicted molar refractivity (Wildman–Crippen MR) is 49.4 cm³/mol. The lowest BCUT2D eigenvalue weighted by Gasteiger charge is -2.31. The van der Waals surface area contributed by atoms with E-state index in [0.29, 0.717) is 11.8 Å². The topological polar surface area (TPSA) is 55.4 Å². The molecule has 0 bridgehead atoms. The number of rotatable bonds is 2. The quantitative estimate of drug-likeness (QED) is 0.663. The third-order valence-electron chi connectivity index (χ3n) is 2.93. The first-order chi connectivity index (χ1) is 6.09. The molecule has 2 atom stereocenters. The van der Waals surface area contributed by atoms with Gasteiger partial charge in [-0.05, 0) is 13.3 Å². The summed E-state index contributed by atoms with van der Waals surface area (Å²) in [5, 5.41) is 3.09. The van der Waals surface area contributed by atoms with Crippen LogP contribution in [0.15, 0.2) is 0 Å². The summed E-state index contributed by atoms with van der Waals surface area (Å²) in [6.07, 6.45) is 0.750. The van der Waals surface area contributed by atoms with Crippen LogP contribution in [0.4, 0.5) is 0 Å². The van der Waals surface area contributed by atoms with Crippen molar-refractivity contribution in [1.29, 1.82) is 0 Å². The van der Waals surface area contributed by atoms with Gasteiger partial charge >= 0.3 is 0 Å². The summed E-state index contributed by atoms with van der Waals surface area (Å²) >= 11 is 0. The number of nitrogens with one attached hydrogen (secondary N) is 1. The summed E-state index contributed by atoms with van der Waals surface area (Å²) in [4.78, 5) is 0. The second-order valence-corrected chi connectivity index (χ2v) is 6.35. The van der Waals surface area contributed by atoms with Crippen molar-refractivity contribution in [2.45, 2.75) is 30.7 Å². The summed E-state index contributed by atoms with van der Waals surface area (Å²) in [5.74, 6) is 0.333. The van der Waals surface area contributed by atoms with E-state index in [-0.39, 0.29) is 11.3 Å². The Morgan fingerprint density at radius 2 is 2.08 bits per heavy atom. The molecule has 1 N–H and O–H groups in total. The minimum Gasteiger partial charge on any atom is -0.378 e. The normalized spacial score (nSPS) is 38.8. The highest BCUT2D eigenvalue weighted by molar-refractivity contribution is 7.92. The molecule has 0 spiro atoms. The Bertz CT molecular complexity index is 284. The van der Waals surface area contributed by atoms with Crippen LogP contribution in [0.5, 0.6) is 0 Å². The smallest absolute Gasteiger partial charge is 0.154 e. The summed E-state index contributed by atoms with van der Waals surface area (Å²) in [5.41, 5.74) is 0. The molecule has 2 rings (SSSR count). The van der Waals surface area contributed by atoms with E-state index in [1.807, 2.05) is 0 Å². The molecular formula is C8H15NO3S. The lowest BCUT2D eigenvalue weighted by Crippen LogP contribution is -2.52. The molecule has 5 heteroatoms. The van der Waals surface area contributed by atoms with Crippen LogP contribution in [-0.2, 0) is 14.6 Å². The first-order valence-electron chi connectivity index (χ1n) is 4.65. The van der Waals surface area contributed by atoms with Crippen molar-refractivity contribution in [3.05, 3.63) is 0 Å².